The molecule has 5 aromatic rings. The fourth-order valence-electron chi connectivity index (χ4n) is 3.55. The van der Waals surface area contributed by atoms with E-state index in [2.05, 4.69) is 20.2 Å². The number of H-pyrrole nitrogens is 2. The number of pyridine rings is 1. The molecular weight excluding hydrogens is 379 g/mol. The van der Waals surface area contributed by atoms with Gasteiger partial charge in [-0.2, -0.15) is 5.10 Å². The van der Waals surface area contributed by atoms with Crippen molar-refractivity contribution < 1.29 is 4.39 Å². The zero-order chi connectivity index (χ0) is 20.7. The van der Waals surface area contributed by atoms with Crippen molar-refractivity contribution in [1.29, 1.82) is 5.41 Å². The maximum atomic E-state index is 14.4. The summed E-state index contributed by atoms with van der Waals surface area (Å²) in [7, 11) is 0. The highest BCUT2D eigenvalue weighted by Crippen LogP contribution is 2.32. The van der Waals surface area contributed by atoms with Gasteiger partial charge in [0.2, 0.25) is 0 Å². The number of fused-ring (bicyclic) bond motifs is 1. The molecule has 0 saturated carbocycles. The monoisotopic (exact) mass is 396 g/mol. The fourth-order valence-corrected chi connectivity index (χ4v) is 3.55. The van der Waals surface area contributed by atoms with Crippen molar-refractivity contribution in [3.8, 4) is 22.4 Å². The number of hydrogen-bond acceptors (Lipinski definition) is 4. The predicted octanol–water partition coefficient (Wildman–Crippen LogP) is 4.76. The number of rotatable bonds is 4. The van der Waals surface area contributed by atoms with E-state index in [9.17, 15) is 4.39 Å². The summed E-state index contributed by atoms with van der Waals surface area (Å²) in [6.07, 6.45) is 3.39. The fraction of sp³-hybridized carbons (Fsp3) is 0. The summed E-state index contributed by atoms with van der Waals surface area (Å²) >= 11 is 0. The van der Waals surface area contributed by atoms with Crippen molar-refractivity contribution in [2.45, 2.75) is 0 Å². The Labute approximate surface area is 171 Å². The van der Waals surface area contributed by atoms with Gasteiger partial charge in [0.1, 0.15) is 17.2 Å². The summed E-state index contributed by atoms with van der Waals surface area (Å²) in [5.41, 5.74) is 11.2. The van der Waals surface area contributed by atoms with E-state index < -0.39 is 0 Å². The second-order valence-electron chi connectivity index (χ2n) is 6.93. The second kappa shape index (κ2) is 6.97. The van der Waals surface area contributed by atoms with E-state index in [1.54, 1.807) is 42.7 Å². The highest BCUT2D eigenvalue weighted by Gasteiger charge is 2.17. The van der Waals surface area contributed by atoms with E-state index >= 15 is 0 Å². The standard InChI is InChI=1S/C23H17FN6/c24-17-6-2-1-4-15(17)14-5-3-7-20-16(14)10-21(29-20)22(26)23-18(25)8-9-19(30-23)13-11-27-28-12-13/h1-12,26,29H,25H2,(H,27,28). The van der Waals surface area contributed by atoms with Gasteiger partial charge in [0.05, 0.1) is 23.3 Å². The molecule has 0 aliphatic carbocycles. The molecule has 0 aliphatic heterocycles. The van der Waals surface area contributed by atoms with Gasteiger partial charge in [-0.15, -0.1) is 0 Å². The average molecular weight is 396 g/mol. The van der Waals surface area contributed by atoms with Crippen LogP contribution in [-0.2, 0) is 0 Å². The number of aromatic amines is 2. The zero-order valence-corrected chi connectivity index (χ0v) is 15.8. The first-order valence-electron chi connectivity index (χ1n) is 9.33. The molecule has 7 heteroatoms. The minimum absolute atomic E-state index is 0.161. The molecule has 0 saturated heterocycles. The van der Waals surface area contributed by atoms with Crippen LogP contribution in [0.1, 0.15) is 11.4 Å². The number of nitrogens with two attached hydrogens (primary N) is 1. The molecule has 0 atom stereocenters. The maximum Gasteiger partial charge on any atom is 0.131 e. The van der Waals surface area contributed by atoms with Gasteiger partial charge >= 0.3 is 0 Å². The van der Waals surface area contributed by atoms with Crippen LogP contribution >= 0.6 is 0 Å². The molecule has 0 aliphatic rings. The molecule has 0 amide bonds. The van der Waals surface area contributed by atoms with Gasteiger partial charge in [0.25, 0.3) is 0 Å². The van der Waals surface area contributed by atoms with Gasteiger partial charge in [0, 0.05) is 28.2 Å². The first-order valence-corrected chi connectivity index (χ1v) is 9.33. The molecule has 0 fully saturated rings. The van der Waals surface area contributed by atoms with Crippen LogP contribution in [0.4, 0.5) is 10.1 Å². The van der Waals surface area contributed by atoms with Crippen molar-refractivity contribution in [2.24, 2.45) is 0 Å². The van der Waals surface area contributed by atoms with Crippen LogP contribution in [0.25, 0.3) is 33.3 Å². The molecular formula is C23H17FN6. The molecule has 5 rings (SSSR count). The molecule has 3 heterocycles. The molecule has 6 nitrogen and oxygen atoms in total. The van der Waals surface area contributed by atoms with E-state index in [0.29, 0.717) is 28.3 Å². The largest absolute Gasteiger partial charge is 0.397 e. The Bertz CT molecular complexity index is 1380. The lowest BCUT2D eigenvalue weighted by atomic mass is 10.0. The van der Waals surface area contributed by atoms with Crippen LogP contribution in [0.5, 0.6) is 0 Å². The van der Waals surface area contributed by atoms with Gasteiger partial charge in [0.15, 0.2) is 0 Å². The number of anilines is 1. The third-order valence-electron chi connectivity index (χ3n) is 5.05. The molecule has 0 radical (unpaired) electrons. The molecule has 30 heavy (non-hydrogen) atoms. The molecule has 2 aromatic carbocycles. The summed E-state index contributed by atoms with van der Waals surface area (Å²) in [6.45, 7) is 0. The topological polar surface area (TPSA) is 107 Å². The minimum Gasteiger partial charge on any atom is -0.397 e. The number of nitrogens with one attached hydrogen (secondary N) is 3. The number of aromatic nitrogens is 4. The Morgan fingerprint density at radius 2 is 1.83 bits per heavy atom. The molecule has 0 spiro atoms. The highest BCUT2D eigenvalue weighted by atomic mass is 19.1. The van der Waals surface area contributed by atoms with Crippen LogP contribution in [0, 0.1) is 11.2 Å². The zero-order valence-electron chi connectivity index (χ0n) is 15.8. The Hall–Kier alpha value is -4.26. The first-order chi connectivity index (χ1) is 14.6. The number of hydrogen-bond donors (Lipinski definition) is 4. The van der Waals surface area contributed by atoms with E-state index in [-0.39, 0.29) is 11.5 Å². The lowest BCUT2D eigenvalue weighted by Crippen LogP contribution is -2.09. The van der Waals surface area contributed by atoms with Crippen LogP contribution in [0.15, 0.2) is 73.1 Å². The summed E-state index contributed by atoms with van der Waals surface area (Å²) in [6, 6.07) is 17.6. The summed E-state index contributed by atoms with van der Waals surface area (Å²) < 4.78 is 14.4. The van der Waals surface area contributed by atoms with E-state index in [4.69, 9.17) is 11.1 Å². The van der Waals surface area contributed by atoms with Crippen molar-refractivity contribution >= 4 is 22.3 Å². The number of nitrogen functional groups attached to an aromatic ring is 1. The Kier molecular flexibility index (Phi) is 4.14. The Morgan fingerprint density at radius 1 is 1.00 bits per heavy atom. The van der Waals surface area contributed by atoms with Gasteiger partial charge in [-0.3, -0.25) is 10.5 Å². The quantitative estimate of drug-likeness (QED) is 0.329. The second-order valence-corrected chi connectivity index (χ2v) is 6.93. The molecule has 3 aromatic heterocycles. The number of nitrogens with zero attached hydrogens (tertiary/aromatic N) is 2. The van der Waals surface area contributed by atoms with E-state index in [0.717, 1.165) is 22.0 Å². The summed E-state index contributed by atoms with van der Waals surface area (Å²) in [4.78, 5) is 7.81. The molecule has 5 N–H and O–H groups in total. The van der Waals surface area contributed by atoms with E-state index in [1.165, 1.54) is 6.07 Å². The van der Waals surface area contributed by atoms with Crippen molar-refractivity contribution in [3.05, 3.63) is 90.3 Å². The molecule has 146 valence electrons. The van der Waals surface area contributed by atoms with Crippen LogP contribution in [0.2, 0.25) is 0 Å². The average Bonchev–Trinajstić information content (AvgIpc) is 3.44. The van der Waals surface area contributed by atoms with E-state index in [1.807, 2.05) is 24.3 Å². The van der Waals surface area contributed by atoms with Crippen LogP contribution in [-0.4, -0.2) is 25.9 Å². The number of benzene rings is 2. The maximum absolute atomic E-state index is 14.4. The minimum atomic E-state index is -0.290. The lowest BCUT2D eigenvalue weighted by molar-refractivity contribution is 0.631. The smallest absolute Gasteiger partial charge is 0.131 e. The van der Waals surface area contributed by atoms with Gasteiger partial charge < -0.3 is 10.7 Å². The Morgan fingerprint density at radius 3 is 2.63 bits per heavy atom. The lowest BCUT2D eigenvalue weighted by Gasteiger charge is -2.07. The van der Waals surface area contributed by atoms with Gasteiger partial charge in [-0.25, -0.2) is 9.37 Å². The SMILES string of the molecule is N=C(c1cc2c(-c3ccccc3F)cccc2[nH]1)c1nc(-c2cn[nH]c2)ccc1N. The van der Waals surface area contributed by atoms with Crippen molar-refractivity contribution in [2.75, 3.05) is 5.73 Å². The normalized spacial score (nSPS) is 11.1. The van der Waals surface area contributed by atoms with Gasteiger partial charge in [-0.1, -0.05) is 30.3 Å². The number of halogens is 1. The predicted molar refractivity (Wildman–Crippen MR) is 116 cm³/mol. The van der Waals surface area contributed by atoms with Gasteiger partial charge in [-0.05, 0) is 35.9 Å². The Balaban J connectivity index is 1.61. The highest BCUT2D eigenvalue weighted by molar-refractivity contribution is 6.14. The van der Waals surface area contributed by atoms with Crippen LogP contribution < -0.4 is 5.73 Å². The van der Waals surface area contributed by atoms with Crippen molar-refractivity contribution in [1.82, 2.24) is 20.2 Å². The summed E-state index contributed by atoms with van der Waals surface area (Å²) in [5.74, 6) is -0.290. The van der Waals surface area contributed by atoms with Crippen molar-refractivity contribution in [3.63, 3.8) is 0 Å². The molecule has 0 unspecified atom stereocenters. The molecule has 0 bridgehead atoms. The first kappa shape index (κ1) is 17.8. The third kappa shape index (κ3) is 2.93. The van der Waals surface area contributed by atoms with Crippen LogP contribution in [0.3, 0.4) is 0 Å². The third-order valence-corrected chi connectivity index (χ3v) is 5.05. The summed E-state index contributed by atoms with van der Waals surface area (Å²) in [5, 5.41) is 16.2.